The highest BCUT2D eigenvalue weighted by Gasteiger charge is 2.23. The van der Waals surface area contributed by atoms with Crippen LogP contribution in [-0.4, -0.2) is 39.1 Å². The predicted molar refractivity (Wildman–Crippen MR) is 88.2 cm³/mol. The highest BCUT2D eigenvalue weighted by atomic mass is 19.1. The fraction of sp³-hybridized carbons (Fsp3) is 0.278. The van der Waals surface area contributed by atoms with E-state index in [2.05, 4.69) is 10.1 Å². The minimum atomic E-state index is -1.02. The molecule has 1 aromatic carbocycles. The van der Waals surface area contributed by atoms with Gasteiger partial charge in [-0.3, -0.25) is 9.67 Å². The summed E-state index contributed by atoms with van der Waals surface area (Å²) in [5, 5.41) is 14.7. The second kappa shape index (κ2) is 6.25. The molecule has 1 fully saturated rings. The molecule has 0 aliphatic carbocycles. The number of fused-ring (bicyclic) bond motifs is 1. The van der Waals surface area contributed by atoms with E-state index in [0.29, 0.717) is 29.9 Å². The molecular formula is C18H16FN3O3. The number of halogens is 1. The zero-order valence-electron chi connectivity index (χ0n) is 13.4. The molecule has 0 spiro atoms. The zero-order chi connectivity index (χ0) is 17.4. The van der Waals surface area contributed by atoms with E-state index in [1.165, 1.54) is 30.6 Å². The lowest BCUT2D eigenvalue weighted by Crippen LogP contribution is -2.11. The molecule has 7 heteroatoms. The summed E-state index contributed by atoms with van der Waals surface area (Å²) in [5.41, 5.74) is 2.19. The summed E-state index contributed by atoms with van der Waals surface area (Å²) in [4.78, 5) is 15.4. The fourth-order valence-electron chi connectivity index (χ4n) is 3.26. The first kappa shape index (κ1) is 15.7. The molecule has 3 aromatic rings. The molecule has 6 nitrogen and oxygen atoms in total. The van der Waals surface area contributed by atoms with Crippen LogP contribution < -0.4 is 0 Å². The Morgan fingerprint density at radius 3 is 3.04 bits per heavy atom. The molecule has 0 bridgehead atoms. The molecule has 0 saturated carbocycles. The van der Waals surface area contributed by atoms with Gasteiger partial charge >= 0.3 is 5.97 Å². The maximum Gasteiger partial charge on any atom is 0.336 e. The van der Waals surface area contributed by atoms with Crippen LogP contribution in [0.4, 0.5) is 4.39 Å². The van der Waals surface area contributed by atoms with Crippen LogP contribution in [-0.2, 0) is 11.2 Å². The van der Waals surface area contributed by atoms with Gasteiger partial charge in [0.05, 0.1) is 29.4 Å². The molecule has 1 aliphatic rings. The third-order valence-corrected chi connectivity index (χ3v) is 4.49. The molecule has 0 unspecified atom stereocenters. The smallest absolute Gasteiger partial charge is 0.336 e. The van der Waals surface area contributed by atoms with Crippen LogP contribution in [0.1, 0.15) is 34.1 Å². The van der Waals surface area contributed by atoms with Gasteiger partial charge in [0.1, 0.15) is 5.82 Å². The van der Waals surface area contributed by atoms with Crippen molar-refractivity contribution < 1.29 is 19.0 Å². The van der Waals surface area contributed by atoms with E-state index >= 15 is 0 Å². The fourth-order valence-corrected chi connectivity index (χ4v) is 3.26. The van der Waals surface area contributed by atoms with E-state index in [0.717, 1.165) is 11.9 Å². The number of pyridine rings is 1. The van der Waals surface area contributed by atoms with Crippen molar-refractivity contribution in [3.8, 4) is 0 Å². The van der Waals surface area contributed by atoms with Crippen LogP contribution in [0.2, 0.25) is 0 Å². The predicted octanol–water partition coefficient (Wildman–Crippen LogP) is 2.82. The molecule has 1 saturated heterocycles. The van der Waals surface area contributed by atoms with Crippen molar-refractivity contribution in [3.05, 3.63) is 59.3 Å². The molecule has 1 aliphatic heterocycles. The Morgan fingerprint density at radius 1 is 1.40 bits per heavy atom. The molecule has 3 heterocycles. The third-order valence-electron chi connectivity index (χ3n) is 4.49. The largest absolute Gasteiger partial charge is 0.478 e. The van der Waals surface area contributed by atoms with Gasteiger partial charge in [-0.2, -0.15) is 5.10 Å². The van der Waals surface area contributed by atoms with E-state index in [4.69, 9.17) is 4.74 Å². The number of carboxylic acids is 1. The van der Waals surface area contributed by atoms with Crippen LogP contribution >= 0.6 is 0 Å². The highest BCUT2D eigenvalue weighted by Crippen LogP contribution is 2.28. The average Bonchev–Trinajstić information content (AvgIpc) is 3.23. The SMILES string of the molecule is O=C(O)c1ccncc1Cc1nn([C@@H]2CCOC2)c2ccc(F)cc12. The maximum atomic E-state index is 13.8. The van der Waals surface area contributed by atoms with E-state index < -0.39 is 5.97 Å². The molecule has 25 heavy (non-hydrogen) atoms. The number of ether oxygens (including phenoxy) is 1. The van der Waals surface area contributed by atoms with Crippen LogP contribution in [0.3, 0.4) is 0 Å². The summed E-state index contributed by atoms with van der Waals surface area (Å²) in [6, 6.07) is 6.13. The van der Waals surface area contributed by atoms with E-state index in [1.807, 2.05) is 4.68 Å². The summed E-state index contributed by atoms with van der Waals surface area (Å²) in [7, 11) is 0. The highest BCUT2D eigenvalue weighted by molar-refractivity contribution is 5.89. The Hall–Kier alpha value is -2.80. The minimum Gasteiger partial charge on any atom is -0.478 e. The number of carboxylic acid groups (broad SMARTS) is 1. The molecule has 1 atom stereocenters. The molecule has 1 N–H and O–H groups in total. The van der Waals surface area contributed by atoms with E-state index in [1.54, 1.807) is 6.07 Å². The van der Waals surface area contributed by atoms with Crippen LogP contribution in [0.25, 0.3) is 10.9 Å². The van der Waals surface area contributed by atoms with Gasteiger partial charge in [0.25, 0.3) is 0 Å². The van der Waals surface area contributed by atoms with Crippen LogP contribution in [0.5, 0.6) is 0 Å². The van der Waals surface area contributed by atoms with Crippen molar-refractivity contribution in [2.45, 2.75) is 18.9 Å². The molecule has 0 radical (unpaired) electrons. The third kappa shape index (κ3) is 2.87. The maximum absolute atomic E-state index is 13.8. The number of aromatic nitrogens is 3. The Labute approximate surface area is 142 Å². The van der Waals surface area contributed by atoms with Crippen molar-refractivity contribution in [2.75, 3.05) is 13.2 Å². The lowest BCUT2D eigenvalue weighted by atomic mass is 10.0. The Balaban J connectivity index is 1.82. The monoisotopic (exact) mass is 341 g/mol. The Morgan fingerprint density at radius 2 is 2.28 bits per heavy atom. The molecule has 4 rings (SSSR count). The number of carbonyl (C=O) groups is 1. The molecule has 128 valence electrons. The first-order valence-corrected chi connectivity index (χ1v) is 8.04. The summed E-state index contributed by atoms with van der Waals surface area (Å²) in [6.45, 7) is 1.25. The Kier molecular flexibility index (Phi) is 3.93. The molecular weight excluding hydrogens is 325 g/mol. The average molecular weight is 341 g/mol. The Bertz CT molecular complexity index is 948. The van der Waals surface area contributed by atoms with Gasteiger partial charge in [0, 0.05) is 30.8 Å². The van der Waals surface area contributed by atoms with Gasteiger partial charge in [0.2, 0.25) is 0 Å². The quantitative estimate of drug-likeness (QED) is 0.789. The van der Waals surface area contributed by atoms with E-state index in [-0.39, 0.29) is 23.8 Å². The molecule has 0 amide bonds. The summed E-state index contributed by atoms with van der Waals surface area (Å²) < 4.78 is 21.1. The van der Waals surface area contributed by atoms with Crippen molar-refractivity contribution >= 4 is 16.9 Å². The first-order valence-electron chi connectivity index (χ1n) is 8.04. The second-order valence-corrected chi connectivity index (χ2v) is 6.08. The normalized spacial score (nSPS) is 17.2. The lowest BCUT2D eigenvalue weighted by Gasteiger charge is -2.09. The van der Waals surface area contributed by atoms with Crippen LogP contribution in [0, 0.1) is 5.82 Å². The van der Waals surface area contributed by atoms with Gasteiger partial charge in [-0.25, -0.2) is 9.18 Å². The summed E-state index contributed by atoms with van der Waals surface area (Å²) >= 11 is 0. The summed E-state index contributed by atoms with van der Waals surface area (Å²) in [6.07, 6.45) is 4.09. The number of aromatic carboxylic acids is 1. The summed E-state index contributed by atoms with van der Waals surface area (Å²) in [5.74, 6) is -1.36. The van der Waals surface area contributed by atoms with Crippen molar-refractivity contribution in [3.63, 3.8) is 0 Å². The number of hydrogen-bond acceptors (Lipinski definition) is 4. The van der Waals surface area contributed by atoms with Gasteiger partial charge in [-0.05, 0) is 36.2 Å². The van der Waals surface area contributed by atoms with E-state index in [9.17, 15) is 14.3 Å². The van der Waals surface area contributed by atoms with Crippen LogP contribution in [0.15, 0.2) is 36.7 Å². The number of rotatable bonds is 4. The molecule has 2 aromatic heterocycles. The minimum absolute atomic E-state index is 0.106. The number of hydrogen-bond donors (Lipinski definition) is 1. The zero-order valence-corrected chi connectivity index (χ0v) is 13.4. The van der Waals surface area contributed by atoms with Gasteiger partial charge < -0.3 is 9.84 Å². The lowest BCUT2D eigenvalue weighted by molar-refractivity contribution is 0.0695. The second-order valence-electron chi connectivity index (χ2n) is 6.08. The number of benzene rings is 1. The van der Waals surface area contributed by atoms with Crippen molar-refractivity contribution in [1.29, 1.82) is 0 Å². The standard InChI is InChI=1S/C18H16FN3O3/c19-12-1-2-17-15(8-12)16(21-22(17)13-4-6-25-10-13)7-11-9-20-5-3-14(11)18(23)24/h1-3,5,8-9,13H,4,6-7,10H2,(H,23,24)/t13-/m1/s1. The van der Waals surface area contributed by atoms with Gasteiger partial charge in [-0.1, -0.05) is 0 Å². The first-order chi connectivity index (χ1) is 12.1. The van der Waals surface area contributed by atoms with Gasteiger partial charge in [-0.15, -0.1) is 0 Å². The van der Waals surface area contributed by atoms with Crippen molar-refractivity contribution in [1.82, 2.24) is 14.8 Å². The van der Waals surface area contributed by atoms with Crippen molar-refractivity contribution in [2.24, 2.45) is 0 Å². The topological polar surface area (TPSA) is 77.2 Å². The van der Waals surface area contributed by atoms with Gasteiger partial charge in [0.15, 0.2) is 0 Å². The number of nitrogens with zero attached hydrogens (tertiary/aromatic N) is 3.